The molecule has 4 heteroatoms. The summed E-state index contributed by atoms with van der Waals surface area (Å²) in [5.41, 5.74) is 2.00. The number of allylic oxidation sites excluding steroid dienone is 1. The lowest BCUT2D eigenvalue weighted by molar-refractivity contribution is 0.772. The summed E-state index contributed by atoms with van der Waals surface area (Å²) in [6.07, 6.45) is 3.07. The van der Waals surface area contributed by atoms with Gasteiger partial charge in [-0.2, -0.15) is 4.98 Å². The number of nitrogens with zero attached hydrogens (tertiary/aromatic N) is 2. The second-order valence-corrected chi connectivity index (χ2v) is 5.82. The first-order valence-electron chi connectivity index (χ1n) is 6.57. The van der Waals surface area contributed by atoms with E-state index in [0.29, 0.717) is 5.39 Å². The minimum absolute atomic E-state index is 0.133. The molecule has 0 fully saturated rings. The van der Waals surface area contributed by atoms with Gasteiger partial charge in [-0.3, -0.25) is 4.79 Å². The molecule has 3 nitrogen and oxygen atoms in total. The van der Waals surface area contributed by atoms with Crippen molar-refractivity contribution in [1.82, 2.24) is 9.55 Å². The average Bonchev–Trinajstić information content (AvgIpc) is 3.11. The van der Waals surface area contributed by atoms with Crippen LogP contribution in [0.4, 0.5) is 0 Å². The number of aryl methyl sites for hydroxylation is 1. The number of benzene rings is 1. The van der Waals surface area contributed by atoms with Crippen molar-refractivity contribution in [3.05, 3.63) is 62.8 Å². The highest BCUT2D eigenvalue weighted by Gasteiger charge is 2.20. The molecule has 0 amide bonds. The molecule has 1 aliphatic rings. The Morgan fingerprint density at radius 2 is 2.10 bits per heavy atom. The number of rotatable bonds is 1. The van der Waals surface area contributed by atoms with Crippen LogP contribution in [0.15, 0.2) is 46.6 Å². The molecule has 3 heterocycles. The summed E-state index contributed by atoms with van der Waals surface area (Å²) < 4.78 is 2.15. The predicted molar refractivity (Wildman–Crippen MR) is 82.8 cm³/mol. The zero-order valence-electron chi connectivity index (χ0n) is 10.7. The molecular formula is C16H12N2OS. The largest absolute Gasteiger partial charge is 0.325 e. The molecule has 98 valence electrons. The van der Waals surface area contributed by atoms with E-state index in [1.54, 1.807) is 11.3 Å². The lowest BCUT2D eigenvalue weighted by Gasteiger charge is -2.07. The van der Waals surface area contributed by atoms with Gasteiger partial charge in [0.25, 0.3) is 5.56 Å². The van der Waals surface area contributed by atoms with Gasteiger partial charge in [-0.25, -0.2) is 0 Å². The van der Waals surface area contributed by atoms with Gasteiger partial charge in [-0.15, -0.1) is 11.3 Å². The summed E-state index contributed by atoms with van der Waals surface area (Å²) >= 11 is 1.70. The molecule has 4 rings (SSSR count). The van der Waals surface area contributed by atoms with Gasteiger partial charge in [0.1, 0.15) is 5.82 Å². The Labute approximate surface area is 119 Å². The second kappa shape index (κ2) is 4.42. The first-order chi connectivity index (χ1) is 9.83. The Balaban J connectivity index is 1.97. The minimum atomic E-state index is -0.133. The van der Waals surface area contributed by atoms with Crippen LogP contribution in [-0.2, 0) is 6.54 Å². The molecule has 0 radical (unpaired) electrons. The molecule has 2 aromatic heterocycles. The Kier molecular flexibility index (Phi) is 2.57. The minimum Gasteiger partial charge on any atom is -0.325 e. The van der Waals surface area contributed by atoms with E-state index in [0.717, 1.165) is 29.9 Å². The summed E-state index contributed by atoms with van der Waals surface area (Å²) in [7, 11) is 0. The topological polar surface area (TPSA) is 34.9 Å². The summed E-state index contributed by atoms with van der Waals surface area (Å²) in [4.78, 5) is 17.6. The molecule has 3 aromatic rings. The van der Waals surface area contributed by atoms with Crippen LogP contribution in [0.1, 0.15) is 17.1 Å². The number of para-hydroxylation sites is 1. The van der Waals surface area contributed by atoms with Crippen LogP contribution >= 0.6 is 11.3 Å². The van der Waals surface area contributed by atoms with Crippen LogP contribution < -0.4 is 5.56 Å². The van der Waals surface area contributed by atoms with Gasteiger partial charge >= 0.3 is 0 Å². The lowest BCUT2D eigenvalue weighted by atomic mass is 10.2. The third-order valence-electron chi connectivity index (χ3n) is 3.64. The van der Waals surface area contributed by atoms with E-state index < -0.39 is 0 Å². The van der Waals surface area contributed by atoms with Crippen LogP contribution in [0.5, 0.6) is 0 Å². The first-order valence-corrected chi connectivity index (χ1v) is 7.45. The number of fused-ring (bicyclic) bond motifs is 3. The van der Waals surface area contributed by atoms with E-state index in [1.165, 1.54) is 4.88 Å². The number of aromatic nitrogens is 2. The molecular weight excluding hydrogens is 268 g/mol. The third kappa shape index (κ3) is 1.72. The van der Waals surface area contributed by atoms with Gasteiger partial charge in [0.15, 0.2) is 0 Å². The quantitative estimate of drug-likeness (QED) is 0.684. The van der Waals surface area contributed by atoms with E-state index in [1.807, 2.05) is 30.3 Å². The van der Waals surface area contributed by atoms with Crippen LogP contribution in [0.25, 0.3) is 22.6 Å². The van der Waals surface area contributed by atoms with Crippen molar-refractivity contribution in [3.63, 3.8) is 0 Å². The number of hydrogen-bond acceptors (Lipinski definition) is 3. The maximum atomic E-state index is 12.1. The van der Waals surface area contributed by atoms with E-state index in [-0.39, 0.29) is 5.56 Å². The molecule has 0 saturated carbocycles. The molecule has 20 heavy (non-hydrogen) atoms. The van der Waals surface area contributed by atoms with E-state index in [4.69, 9.17) is 0 Å². The Hall–Kier alpha value is -2.20. The Morgan fingerprint density at radius 1 is 1.20 bits per heavy atom. The molecule has 0 atom stereocenters. The highest BCUT2D eigenvalue weighted by atomic mass is 32.1. The molecule has 0 N–H and O–H groups in total. The zero-order valence-corrected chi connectivity index (χ0v) is 11.6. The normalized spacial score (nSPS) is 15.9. The van der Waals surface area contributed by atoms with Gasteiger partial charge in [-0.1, -0.05) is 18.2 Å². The van der Waals surface area contributed by atoms with Crippen molar-refractivity contribution in [2.24, 2.45) is 0 Å². The molecule has 0 aliphatic carbocycles. The van der Waals surface area contributed by atoms with Gasteiger partial charge in [-0.05, 0) is 41.6 Å². The zero-order chi connectivity index (χ0) is 13.5. The third-order valence-corrected chi connectivity index (χ3v) is 4.46. The average molecular weight is 280 g/mol. The predicted octanol–water partition coefficient (Wildman–Crippen LogP) is 3.40. The van der Waals surface area contributed by atoms with Crippen LogP contribution in [0.3, 0.4) is 0 Å². The molecule has 0 unspecified atom stereocenters. The Morgan fingerprint density at radius 3 is 2.95 bits per heavy atom. The fourth-order valence-electron chi connectivity index (χ4n) is 2.72. The smallest absolute Gasteiger partial charge is 0.281 e. The monoisotopic (exact) mass is 280 g/mol. The fraction of sp³-hybridized carbons (Fsp3) is 0.125. The van der Waals surface area contributed by atoms with Crippen LogP contribution in [0.2, 0.25) is 0 Å². The maximum Gasteiger partial charge on any atom is 0.281 e. The summed E-state index contributed by atoms with van der Waals surface area (Å²) in [5, 5.41) is 2.76. The first kappa shape index (κ1) is 11.6. The highest BCUT2D eigenvalue weighted by Crippen LogP contribution is 2.30. The summed E-state index contributed by atoms with van der Waals surface area (Å²) in [6, 6.07) is 11.8. The summed E-state index contributed by atoms with van der Waals surface area (Å²) in [6.45, 7) is 0.889. The fourth-order valence-corrected chi connectivity index (χ4v) is 3.40. The molecule has 1 aromatic carbocycles. The van der Waals surface area contributed by atoms with Crippen molar-refractivity contribution in [3.8, 4) is 0 Å². The van der Waals surface area contributed by atoms with E-state index in [9.17, 15) is 4.79 Å². The van der Waals surface area contributed by atoms with Crippen molar-refractivity contribution in [1.29, 1.82) is 0 Å². The highest BCUT2D eigenvalue weighted by molar-refractivity contribution is 7.10. The standard InChI is InChI=1S/C16H12N2OS/c19-16-13-5-1-2-6-14(13)18-8-7-11(15(18)17-16)10-12-4-3-9-20-12/h1-6,9-10H,7-8H2/b11-10-. The second-order valence-electron chi connectivity index (χ2n) is 4.84. The van der Waals surface area contributed by atoms with Gasteiger partial charge in [0.2, 0.25) is 0 Å². The van der Waals surface area contributed by atoms with Crippen LogP contribution in [-0.4, -0.2) is 9.55 Å². The van der Waals surface area contributed by atoms with E-state index >= 15 is 0 Å². The maximum absolute atomic E-state index is 12.1. The van der Waals surface area contributed by atoms with Gasteiger partial charge in [0.05, 0.1) is 10.9 Å². The van der Waals surface area contributed by atoms with Crippen molar-refractivity contribution < 1.29 is 0 Å². The Bertz CT molecular complexity index is 875. The van der Waals surface area contributed by atoms with Crippen molar-refractivity contribution >= 4 is 33.9 Å². The lowest BCUT2D eigenvalue weighted by Crippen LogP contribution is -2.14. The number of thiophene rings is 1. The summed E-state index contributed by atoms with van der Waals surface area (Å²) in [5.74, 6) is 0.821. The number of hydrogen-bond donors (Lipinski definition) is 0. The van der Waals surface area contributed by atoms with E-state index in [2.05, 4.69) is 27.1 Å². The van der Waals surface area contributed by atoms with Gasteiger partial charge < -0.3 is 4.57 Å². The molecule has 0 spiro atoms. The van der Waals surface area contributed by atoms with Gasteiger partial charge in [0, 0.05) is 11.4 Å². The molecule has 1 aliphatic heterocycles. The molecule has 0 bridgehead atoms. The molecule has 0 saturated heterocycles. The van der Waals surface area contributed by atoms with Crippen molar-refractivity contribution in [2.45, 2.75) is 13.0 Å². The van der Waals surface area contributed by atoms with Crippen LogP contribution in [0, 0.1) is 0 Å². The SMILES string of the molecule is O=c1nc2n(c3ccccc13)CC/C2=C/c1cccs1. The van der Waals surface area contributed by atoms with Crippen molar-refractivity contribution in [2.75, 3.05) is 0 Å².